The van der Waals surface area contributed by atoms with E-state index < -0.39 is 36.1 Å². The summed E-state index contributed by atoms with van der Waals surface area (Å²) in [6.07, 6.45) is 2.78. The zero-order valence-corrected chi connectivity index (χ0v) is 26.1. The van der Waals surface area contributed by atoms with Crippen LogP contribution in [0.2, 0.25) is 0 Å². The average Bonchev–Trinajstić information content (AvgIpc) is 3.63. The van der Waals surface area contributed by atoms with E-state index in [0.29, 0.717) is 62.7 Å². The Kier molecular flexibility index (Phi) is 12.3. The van der Waals surface area contributed by atoms with Gasteiger partial charge in [-0.3, -0.25) is 19.2 Å². The zero-order chi connectivity index (χ0) is 32.6. The maximum Gasteiger partial charge on any atom is 0.326 e. The standard InChI is InChI=1S/C32H46N4O8/c1-19(2)15-23(29(39)35-13-5-7-25(35)31(41)42)33-27(37)17-21-9-11-22(12-10-21)18-28(38)34-24(16-20(3)4)30(40)36-14-6-8-26(36)32(43)44/h9-12,19-20,23-26H,5-8,13-18H2,1-4H3,(H,33,37)(H,34,38)(H,41,42)(H,43,44)/t23-,24-,25-,26-/m0/s1. The van der Waals surface area contributed by atoms with Crippen LogP contribution in [-0.2, 0) is 41.6 Å². The first-order valence-corrected chi connectivity index (χ1v) is 15.5. The molecule has 0 radical (unpaired) electrons. The van der Waals surface area contributed by atoms with Crippen LogP contribution in [0.1, 0.15) is 77.3 Å². The van der Waals surface area contributed by atoms with Gasteiger partial charge in [0.05, 0.1) is 12.8 Å². The number of hydrogen-bond donors (Lipinski definition) is 4. The van der Waals surface area contributed by atoms with Gasteiger partial charge in [0.25, 0.3) is 0 Å². The van der Waals surface area contributed by atoms with Crippen LogP contribution in [0.4, 0.5) is 0 Å². The molecule has 242 valence electrons. The third-order valence-electron chi connectivity index (χ3n) is 8.08. The Balaban J connectivity index is 1.58. The van der Waals surface area contributed by atoms with Gasteiger partial charge in [-0.05, 0) is 61.5 Å². The minimum atomic E-state index is -1.04. The Bertz CT molecular complexity index is 1120. The quantitative estimate of drug-likeness (QED) is 0.246. The number of carboxylic acids is 2. The first-order chi connectivity index (χ1) is 20.8. The van der Waals surface area contributed by atoms with Gasteiger partial charge in [0.2, 0.25) is 23.6 Å². The Morgan fingerprint density at radius 2 is 1.02 bits per heavy atom. The van der Waals surface area contributed by atoms with Crippen LogP contribution in [0, 0.1) is 11.8 Å². The van der Waals surface area contributed by atoms with E-state index in [2.05, 4.69) is 10.6 Å². The molecule has 4 N–H and O–H groups in total. The normalized spacial score (nSPS) is 19.6. The van der Waals surface area contributed by atoms with Crippen molar-refractivity contribution in [3.8, 4) is 0 Å². The summed E-state index contributed by atoms with van der Waals surface area (Å²) in [5, 5.41) is 24.6. The van der Waals surface area contributed by atoms with E-state index in [9.17, 15) is 39.0 Å². The highest BCUT2D eigenvalue weighted by molar-refractivity contribution is 5.92. The van der Waals surface area contributed by atoms with E-state index in [4.69, 9.17) is 0 Å². The van der Waals surface area contributed by atoms with Gasteiger partial charge in [0.1, 0.15) is 24.2 Å². The van der Waals surface area contributed by atoms with Gasteiger partial charge in [0, 0.05) is 13.1 Å². The Morgan fingerprint density at radius 3 is 1.32 bits per heavy atom. The largest absolute Gasteiger partial charge is 0.480 e. The van der Waals surface area contributed by atoms with Crippen molar-refractivity contribution in [2.45, 2.75) is 103 Å². The monoisotopic (exact) mass is 614 g/mol. The number of benzene rings is 1. The summed E-state index contributed by atoms with van der Waals surface area (Å²) in [4.78, 5) is 78.1. The smallest absolute Gasteiger partial charge is 0.326 e. The Labute approximate surface area is 258 Å². The summed E-state index contributed by atoms with van der Waals surface area (Å²) in [6, 6.07) is 3.50. The molecule has 0 bridgehead atoms. The molecule has 0 saturated carbocycles. The molecule has 0 aromatic heterocycles. The van der Waals surface area contributed by atoms with Crippen molar-refractivity contribution in [3.05, 3.63) is 35.4 Å². The molecular formula is C32H46N4O8. The van der Waals surface area contributed by atoms with Crippen LogP contribution in [0.25, 0.3) is 0 Å². The molecule has 12 nitrogen and oxygen atoms in total. The second-order valence-electron chi connectivity index (χ2n) is 12.7. The maximum absolute atomic E-state index is 13.2. The maximum atomic E-state index is 13.2. The van der Waals surface area contributed by atoms with E-state index in [1.165, 1.54) is 9.80 Å². The van der Waals surface area contributed by atoms with Crippen molar-refractivity contribution in [1.82, 2.24) is 20.4 Å². The summed E-state index contributed by atoms with van der Waals surface area (Å²) < 4.78 is 0. The van der Waals surface area contributed by atoms with Gasteiger partial charge in [0.15, 0.2) is 0 Å². The molecule has 2 heterocycles. The van der Waals surface area contributed by atoms with Crippen molar-refractivity contribution in [2.75, 3.05) is 13.1 Å². The fraction of sp³-hybridized carbons (Fsp3) is 0.625. The number of likely N-dealkylation sites (tertiary alicyclic amines) is 2. The molecule has 2 aliphatic heterocycles. The highest BCUT2D eigenvalue weighted by atomic mass is 16.4. The van der Waals surface area contributed by atoms with Crippen molar-refractivity contribution >= 4 is 35.6 Å². The van der Waals surface area contributed by atoms with Crippen molar-refractivity contribution in [3.63, 3.8) is 0 Å². The molecule has 12 heteroatoms. The lowest BCUT2D eigenvalue weighted by molar-refractivity contribution is -0.149. The second-order valence-corrected chi connectivity index (χ2v) is 12.7. The SMILES string of the molecule is CC(C)C[C@H](NC(=O)Cc1ccc(CC(=O)N[C@@H](CC(C)C)C(=O)N2CCC[C@H]2C(=O)O)cc1)C(=O)N1CCC[C@H]1C(=O)O. The van der Waals surface area contributed by atoms with Crippen LogP contribution in [-0.4, -0.2) is 92.8 Å². The molecule has 4 amide bonds. The highest BCUT2D eigenvalue weighted by Crippen LogP contribution is 2.22. The lowest BCUT2D eigenvalue weighted by Gasteiger charge is -2.28. The molecule has 0 unspecified atom stereocenters. The van der Waals surface area contributed by atoms with Gasteiger partial charge in [-0.2, -0.15) is 0 Å². The number of carboxylic acid groups (broad SMARTS) is 2. The zero-order valence-electron chi connectivity index (χ0n) is 26.1. The molecular weight excluding hydrogens is 568 g/mol. The van der Waals surface area contributed by atoms with Gasteiger partial charge in [-0.25, -0.2) is 9.59 Å². The minimum Gasteiger partial charge on any atom is -0.480 e. The van der Waals surface area contributed by atoms with E-state index in [1.807, 2.05) is 27.7 Å². The van der Waals surface area contributed by atoms with Gasteiger partial charge >= 0.3 is 11.9 Å². The number of carbonyl (C=O) groups is 6. The summed E-state index contributed by atoms with van der Waals surface area (Å²) in [7, 11) is 0. The highest BCUT2D eigenvalue weighted by Gasteiger charge is 2.39. The number of nitrogens with zero attached hydrogens (tertiary/aromatic N) is 2. The average molecular weight is 615 g/mol. The van der Waals surface area contributed by atoms with Crippen LogP contribution < -0.4 is 10.6 Å². The predicted octanol–water partition coefficient (Wildman–Crippen LogP) is 1.98. The molecule has 0 aliphatic carbocycles. The first-order valence-electron chi connectivity index (χ1n) is 15.5. The van der Waals surface area contributed by atoms with Crippen LogP contribution >= 0.6 is 0 Å². The summed E-state index contributed by atoms with van der Waals surface area (Å²) in [5.74, 6) is -3.37. The summed E-state index contributed by atoms with van der Waals surface area (Å²) >= 11 is 0. The number of aliphatic carboxylic acids is 2. The van der Waals surface area contributed by atoms with Crippen molar-refractivity contribution < 1.29 is 39.0 Å². The lowest BCUT2D eigenvalue weighted by atomic mass is 10.0. The van der Waals surface area contributed by atoms with E-state index in [0.717, 1.165) is 0 Å². The number of hydrogen-bond acceptors (Lipinski definition) is 6. The molecule has 4 atom stereocenters. The van der Waals surface area contributed by atoms with Crippen LogP contribution in [0.3, 0.4) is 0 Å². The number of amides is 4. The minimum absolute atomic E-state index is 0.00224. The molecule has 3 rings (SSSR count). The molecule has 44 heavy (non-hydrogen) atoms. The summed E-state index contributed by atoms with van der Waals surface area (Å²) in [5.41, 5.74) is 1.35. The third-order valence-corrected chi connectivity index (χ3v) is 8.08. The number of nitrogens with one attached hydrogen (secondary N) is 2. The van der Waals surface area contributed by atoms with Gasteiger partial charge < -0.3 is 30.6 Å². The van der Waals surface area contributed by atoms with E-state index >= 15 is 0 Å². The molecule has 0 spiro atoms. The van der Waals surface area contributed by atoms with Crippen molar-refractivity contribution in [2.24, 2.45) is 11.8 Å². The first kappa shape index (κ1) is 34.5. The van der Waals surface area contributed by atoms with Crippen LogP contribution in [0.15, 0.2) is 24.3 Å². The van der Waals surface area contributed by atoms with E-state index in [-0.39, 0.29) is 48.3 Å². The molecule has 1 aromatic rings. The number of rotatable bonds is 14. The fourth-order valence-electron chi connectivity index (χ4n) is 6.00. The van der Waals surface area contributed by atoms with Gasteiger partial charge in [-0.1, -0.05) is 52.0 Å². The van der Waals surface area contributed by atoms with Gasteiger partial charge in [-0.15, -0.1) is 0 Å². The predicted molar refractivity (Wildman–Crippen MR) is 161 cm³/mol. The topological polar surface area (TPSA) is 173 Å². The molecule has 1 aromatic carbocycles. The molecule has 2 fully saturated rings. The second kappa shape index (κ2) is 15.7. The number of carbonyl (C=O) groups excluding carboxylic acids is 4. The van der Waals surface area contributed by atoms with Crippen molar-refractivity contribution in [1.29, 1.82) is 0 Å². The fourth-order valence-corrected chi connectivity index (χ4v) is 6.00. The van der Waals surface area contributed by atoms with E-state index in [1.54, 1.807) is 24.3 Å². The van der Waals surface area contributed by atoms with Crippen LogP contribution in [0.5, 0.6) is 0 Å². The summed E-state index contributed by atoms with van der Waals surface area (Å²) in [6.45, 7) is 8.42. The molecule has 2 saturated heterocycles. The third kappa shape index (κ3) is 9.52. The molecule has 2 aliphatic rings. The lowest BCUT2D eigenvalue weighted by Crippen LogP contribution is -2.52. The Hall–Kier alpha value is -3.96. The Morgan fingerprint density at radius 1 is 0.682 bits per heavy atom.